The second kappa shape index (κ2) is 7.05. The average molecular weight is 136 g/mol. The fraction of sp³-hybridized carbons (Fsp3) is 0.714. The number of rotatable bonds is 4. The van der Waals surface area contributed by atoms with Crippen molar-refractivity contribution in [2.75, 3.05) is 0 Å². The molecule has 0 aromatic heterocycles. The summed E-state index contributed by atoms with van der Waals surface area (Å²) in [6.45, 7) is 3.54. The normalized spacial score (nSPS) is 8.20. The molecule has 3 heteroatoms. The van der Waals surface area contributed by atoms with Crippen LogP contribution in [0, 0.1) is 0 Å². The Morgan fingerprint density at radius 1 is 1.00 bits per heavy atom. The second-order valence-corrected chi connectivity index (χ2v) is 1.96. The molecular formula is C7H13LiO2. The molecule has 0 aromatic rings. The van der Waals surface area contributed by atoms with Gasteiger partial charge in [-0.25, -0.2) is 0 Å². The molecule has 2 nitrogen and oxygen atoms in total. The Morgan fingerprint density at radius 3 is 1.50 bits per heavy atom. The Kier molecular flexibility index (Phi) is 8.88. The predicted molar refractivity (Wildman–Crippen MR) is 42.4 cm³/mol. The van der Waals surface area contributed by atoms with Crippen LogP contribution in [-0.2, 0) is 9.59 Å². The van der Waals surface area contributed by atoms with Crippen molar-refractivity contribution in [1.29, 1.82) is 0 Å². The number of hydrogen-bond donors (Lipinski definition) is 0. The zero-order chi connectivity index (χ0) is 7.28. The van der Waals surface area contributed by atoms with Gasteiger partial charge in [-0.15, -0.1) is 0 Å². The maximum atomic E-state index is 10.6. The Balaban J connectivity index is 0. The monoisotopic (exact) mass is 136 g/mol. The summed E-state index contributed by atoms with van der Waals surface area (Å²) in [4.78, 5) is 21.1. The van der Waals surface area contributed by atoms with E-state index < -0.39 is 0 Å². The second-order valence-electron chi connectivity index (χ2n) is 1.96. The van der Waals surface area contributed by atoms with Crippen molar-refractivity contribution in [3.8, 4) is 0 Å². The van der Waals surface area contributed by atoms with Crippen LogP contribution in [-0.4, -0.2) is 30.4 Å². The molecule has 0 unspecified atom stereocenters. The molecule has 0 aliphatic rings. The quantitative estimate of drug-likeness (QED) is 0.421. The zero-order valence-electron chi connectivity index (χ0n) is 5.94. The molecule has 10 heavy (non-hydrogen) atoms. The van der Waals surface area contributed by atoms with E-state index in [4.69, 9.17) is 0 Å². The van der Waals surface area contributed by atoms with Gasteiger partial charge >= 0.3 is 18.9 Å². The van der Waals surface area contributed by atoms with Gasteiger partial charge in [0.05, 0.1) is 6.42 Å². The van der Waals surface area contributed by atoms with Crippen LogP contribution in [0.15, 0.2) is 0 Å². The van der Waals surface area contributed by atoms with E-state index >= 15 is 0 Å². The average Bonchev–Trinajstić information content (AvgIpc) is 1.87. The third-order valence-corrected chi connectivity index (χ3v) is 1.18. The maximum absolute atomic E-state index is 10.6. The summed E-state index contributed by atoms with van der Waals surface area (Å²) >= 11 is 0. The van der Waals surface area contributed by atoms with Crippen molar-refractivity contribution >= 4 is 30.4 Å². The molecule has 0 aliphatic carbocycles. The number of hydrogen-bond acceptors (Lipinski definition) is 2. The van der Waals surface area contributed by atoms with Gasteiger partial charge in [0.2, 0.25) is 0 Å². The molecule has 0 aromatic carbocycles. The van der Waals surface area contributed by atoms with Gasteiger partial charge in [-0.1, -0.05) is 13.8 Å². The van der Waals surface area contributed by atoms with Gasteiger partial charge in [0.1, 0.15) is 11.6 Å². The Morgan fingerprint density at radius 2 is 1.30 bits per heavy atom. The molecule has 54 valence electrons. The van der Waals surface area contributed by atoms with Crippen LogP contribution in [0.25, 0.3) is 0 Å². The fourth-order valence-electron chi connectivity index (χ4n) is 0.470. The summed E-state index contributed by atoms with van der Waals surface area (Å²) in [6, 6.07) is 0. The molecule has 0 rings (SSSR count). The Labute approximate surface area is 73.5 Å². The molecule has 0 aliphatic heterocycles. The fourth-order valence-corrected chi connectivity index (χ4v) is 0.470. The van der Waals surface area contributed by atoms with Gasteiger partial charge in [-0.05, 0) is 0 Å². The first kappa shape index (κ1) is 12.6. The van der Waals surface area contributed by atoms with Crippen LogP contribution < -0.4 is 0 Å². The third-order valence-electron chi connectivity index (χ3n) is 1.18. The van der Waals surface area contributed by atoms with Gasteiger partial charge in [-0.2, -0.15) is 0 Å². The zero-order valence-corrected chi connectivity index (χ0v) is 5.94. The molecular weight excluding hydrogens is 123 g/mol. The van der Waals surface area contributed by atoms with Crippen LogP contribution in [0.5, 0.6) is 0 Å². The van der Waals surface area contributed by atoms with Crippen molar-refractivity contribution in [2.24, 2.45) is 0 Å². The van der Waals surface area contributed by atoms with E-state index in [1.165, 1.54) is 0 Å². The Hall–Kier alpha value is -0.0626. The molecule has 0 heterocycles. The standard InChI is InChI=1S/C7H12O2.Li.H/c1-3-6(8)5-7(9)4-2;;/h3-5H2,1-2H3;;. The molecule has 0 fully saturated rings. The first-order valence-electron chi connectivity index (χ1n) is 3.24. The number of carbonyl (C=O) groups excluding carboxylic acids is 2. The number of carbonyl (C=O) groups is 2. The molecule has 0 saturated heterocycles. The van der Waals surface area contributed by atoms with Crippen LogP contribution >= 0.6 is 0 Å². The SMILES string of the molecule is CCC(=O)CC(=O)CC.[LiH]. The van der Waals surface area contributed by atoms with Gasteiger partial charge in [0.25, 0.3) is 0 Å². The molecule has 0 saturated carbocycles. The van der Waals surface area contributed by atoms with Gasteiger partial charge in [0, 0.05) is 12.8 Å². The molecule has 0 bridgehead atoms. The summed E-state index contributed by atoms with van der Waals surface area (Å²) < 4.78 is 0. The summed E-state index contributed by atoms with van der Waals surface area (Å²) in [7, 11) is 0. The van der Waals surface area contributed by atoms with E-state index in [9.17, 15) is 9.59 Å². The molecule has 0 spiro atoms. The van der Waals surface area contributed by atoms with E-state index in [-0.39, 0.29) is 36.8 Å². The van der Waals surface area contributed by atoms with Crippen molar-refractivity contribution in [3.63, 3.8) is 0 Å². The number of ketones is 2. The van der Waals surface area contributed by atoms with Crippen molar-refractivity contribution < 1.29 is 9.59 Å². The first-order chi connectivity index (χ1) is 4.20. The minimum absolute atomic E-state index is 0. The summed E-state index contributed by atoms with van der Waals surface area (Å²) in [5.41, 5.74) is 0. The minimum atomic E-state index is 0. The Bertz CT molecular complexity index is 107. The van der Waals surface area contributed by atoms with Crippen LogP contribution in [0.1, 0.15) is 33.1 Å². The van der Waals surface area contributed by atoms with E-state index in [1.807, 2.05) is 0 Å². The molecule has 0 amide bonds. The van der Waals surface area contributed by atoms with Crippen molar-refractivity contribution in [3.05, 3.63) is 0 Å². The summed E-state index contributed by atoms with van der Waals surface area (Å²) in [6.07, 6.45) is 1.09. The summed E-state index contributed by atoms with van der Waals surface area (Å²) in [5.74, 6) is 0.0868. The molecule has 0 N–H and O–H groups in total. The molecule has 0 atom stereocenters. The third kappa shape index (κ3) is 6.06. The van der Waals surface area contributed by atoms with Gasteiger partial charge in [0.15, 0.2) is 0 Å². The van der Waals surface area contributed by atoms with Gasteiger partial charge in [-0.3, -0.25) is 9.59 Å². The van der Waals surface area contributed by atoms with Crippen LogP contribution in [0.4, 0.5) is 0 Å². The van der Waals surface area contributed by atoms with E-state index in [1.54, 1.807) is 13.8 Å². The first-order valence-corrected chi connectivity index (χ1v) is 3.24. The topological polar surface area (TPSA) is 34.1 Å². The van der Waals surface area contributed by atoms with Gasteiger partial charge < -0.3 is 0 Å². The number of Topliss-reactive ketones (excluding diaryl/α,β-unsaturated/α-hetero) is 2. The summed E-state index contributed by atoms with van der Waals surface area (Å²) in [5, 5.41) is 0. The van der Waals surface area contributed by atoms with E-state index in [0.717, 1.165) is 0 Å². The van der Waals surface area contributed by atoms with Crippen molar-refractivity contribution in [2.45, 2.75) is 33.1 Å². The van der Waals surface area contributed by atoms with E-state index in [2.05, 4.69) is 0 Å². The van der Waals surface area contributed by atoms with Crippen LogP contribution in [0.3, 0.4) is 0 Å². The van der Waals surface area contributed by atoms with Crippen molar-refractivity contribution in [1.82, 2.24) is 0 Å². The molecule has 0 radical (unpaired) electrons. The van der Waals surface area contributed by atoms with Crippen LogP contribution in [0.2, 0.25) is 0 Å². The van der Waals surface area contributed by atoms with E-state index in [0.29, 0.717) is 12.8 Å². The predicted octanol–water partition coefficient (Wildman–Crippen LogP) is 0.686.